The molecule has 6 unspecified atom stereocenters. The second-order valence-corrected chi connectivity index (χ2v) is 13.9. The number of amides is 4. The lowest BCUT2D eigenvalue weighted by Crippen LogP contribution is -2.53. The number of carboxylic acids is 1. The number of carboxylic acid groups (broad SMARTS) is 1. The number of methoxy groups -OCH3 is 1. The molecule has 2 heterocycles. The molecule has 4 amide bonds. The Balaban J connectivity index is 1.31. The van der Waals surface area contributed by atoms with Crippen LogP contribution in [0, 0.1) is 30.6 Å². The van der Waals surface area contributed by atoms with Gasteiger partial charge in [0, 0.05) is 5.92 Å². The van der Waals surface area contributed by atoms with Crippen molar-refractivity contribution in [3.05, 3.63) is 131 Å². The Bertz CT molecular complexity index is 2200. The highest BCUT2D eigenvalue weighted by atomic mass is 16.5. The summed E-state index contributed by atoms with van der Waals surface area (Å²) in [6.45, 7) is 1.94. The number of carbonyl (C=O) groups excluding carboxylic acids is 4. The van der Waals surface area contributed by atoms with Crippen LogP contribution in [0.3, 0.4) is 0 Å². The largest absolute Gasteiger partial charge is 0.504 e. The van der Waals surface area contributed by atoms with Gasteiger partial charge in [-0.3, -0.25) is 29.5 Å². The van der Waals surface area contributed by atoms with E-state index < -0.39 is 64.6 Å². The van der Waals surface area contributed by atoms with Gasteiger partial charge in [0.1, 0.15) is 0 Å². The Morgan fingerprint density at radius 3 is 2.33 bits per heavy atom. The molecule has 4 aliphatic rings. The Morgan fingerprint density at radius 1 is 0.865 bits per heavy atom. The van der Waals surface area contributed by atoms with Gasteiger partial charge < -0.3 is 14.9 Å². The summed E-state index contributed by atoms with van der Waals surface area (Å²) in [4.78, 5) is 71.4. The molecule has 0 aromatic heterocycles. The number of benzene rings is 4. The topological polar surface area (TPSA) is 154 Å². The van der Waals surface area contributed by atoms with Crippen molar-refractivity contribution < 1.29 is 38.9 Å². The van der Waals surface area contributed by atoms with Crippen molar-refractivity contribution in [2.45, 2.75) is 31.1 Å². The number of hydrogen-bond donors (Lipinski definition) is 3. The fourth-order valence-corrected chi connectivity index (χ4v) is 9.03. The first-order valence-corrected chi connectivity index (χ1v) is 17.1. The van der Waals surface area contributed by atoms with E-state index in [4.69, 9.17) is 4.74 Å². The van der Waals surface area contributed by atoms with Crippen LogP contribution in [0.1, 0.15) is 45.8 Å². The van der Waals surface area contributed by atoms with Gasteiger partial charge in [-0.05, 0) is 79.3 Å². The molecule has 6 atom stereocenters. The monoisotopic (exact) mass is 697 g/mol. The van der Waals surface area contributed by atoms with Crippen molar-refractivity contribution in [1.82, 2.24) is 5.01 Å². The van der Waals surface area contributed by atoms with Crippen molar-refractivity contribution in [2.75, 3.05) is 17.4 Å². The molecular weight excluding hydrogens is 662 g/mol. The average molecular weight is 698 g/mol. The number of imide groups is 2. The van der Waals surface area contributed by atoms with Gasteiger partial charge in [-0.15, -0.1) is 0 Å². The van der Waals surface area contributed by atoms with Gasteiger partial charge in [-0.1, -0.05) is 71.8 Å². The standard InChI is InChI=1S/C41H35N3O8/c1-22-11-14-26(15-12-22)42-44-37(47)31-21-30-28(16-17-29-34(30)38(48)43(36(29)46)27-10-6-7-24(19-27)39(49)50)35(23-13-18-32(45)33(20-23)52-2)41(31,40(44)51)25-8-4-3-5-9-25/h3-16,18-20,29-31,34-35,42,45H,17,21H2,1-2H3,(H,49,50). The third-order valence-corrected chi connectivity index (χ3v) is 11.3. The van der Waals surface area contributed by atoms with Crippen LogP contribution in [0.25, 0.3) is 0 Å². The minimum atomic E-state index is -1.48. The molecule has 3 fully saturated rings. The van der Waals surface area contributed by atoms with Crippen molar-refractivity contribution in [2.24, 2.45) is 23.7 Å². The van der Waals surface area contributed by atoms with Crippen molar-refractivity contribution >= 4 is 41.0 Å². The molecular formula is C41H35N3O8. The molecule has 11 heteroatoms. The van der Waals surface area contributed by atoms with Crippen LogP contribution in [0.5, 0.6) is 11.5 Å². The maximum atomic E-state index is 15.2. The quantitative estimate of drug-likeness (QED) is 0.166. The van der Waals surface area contributed by atoms with Gasteiger partial charge in [-0.2, -0.15) is 5.01 Å². The first-order valence-electron chi connectivity index (χ1n) is 17.1. The molecule has 52 heavy (non-hydrogen) atoms. The second kappa shape index (κ2) is 12.2. The molecule has 262 valence electrons. The zero-order valence-corrected chi connectivity index (χ0v) is 28.4. The first-order chi connectivity index (χ1) is 25.1. The highest BCUT2D eigenvalue weighted by molar-refractivity contribution is 6.23. The third-order valence-electron chi connectivity index (χ3n) is 11.3. The van der Waals surface area contributed by atoms with E-state index >= 15 is 4.79 Å². The SMILES string of the molecule is COc1cc(C2C3=CCC4C(=O)N(c5cccc(C(=O)O)c5)C(=O)C4C3CC3C(=O)N(Nc4ccc(C)cc4)C(=O)C32c2ccccc2)ccc1O. The number of ether oxygens (including phenoxy) is 1. The third kappa shape index (κ3) is 4.75. The van der Waals surface area contributed by atoms with Gasteiger partial charge in [0.15, 0.2) is 11.5 Å². The van der Waals surface area contributed by atoms with Crippen molar-refractivity contribution in [3.63, 3.8) is 0 Å². The van der Waals surface area contributed by atoms with Gasteiger partial charge in [0.25, 0.3) is 11.8 Å². The number of aromatic carboxylic acids is 1. The number of nitrogens with zero attached hydrogens (tertiary/aromatic N) is 2. The van der Waals surface area contributed by atoms with Crippen LogP contribution in [-0.2, 0) is 24.6 Å². The number of rotatable bonds is 7. The fraction of sp³-hybridized carbons (Fsp3) is 0.244. The number of phenolic OH excluding ortho intramolecular Hbond substituents is 1. The van der Waals surface area contributed by atoms with Gasteiger partial charge >= 0.3 is 5.97 Å². The lowest BCUT2D eigenvalue weighted by molar-refractivity contribution is -0.138. The molecule has 1 saturated carbocycles. The summed E-state index contributed by atoms with van der Waals surface area (Å²) in [7, 11) is 1.43. The molecule has 2 saturated heterocycles. The van der Waals surface area contributed by atoms with E-state index in [0.29, 0.717) is 16.8 Å². The summed E-state index contributed by atoms with van der Waals surface area (Å²) < 4.78 is 5.52. The summed E-state index contributed by atoms with van der Waals surface area (Å²) in [6, 6.07) is 27.1. The highest BCUT2D eigenvalue weighted by Gasteiger charge is 2.70. The van der Waals surface area contributed by atoms with Crippen LogP contribution < -0.4 is 15.1 Å². The summed E-state index contributed by atoms with van der Waals surface area (Å²) in [5.74, 6) is -6.95. The number of hydrazine groups is 1. The molecule has 2 aliphatic heterocycles. The Morgan fingerprint density at radius 2 is 1.62 bits per heavy atom. The molecule has 11 nitrogen and oxygen atoms in total. The maximum absolute atomic E-state index is 15.2. The Kier molecular flexibility index (Phi) is 7.74. The number of carbonyl (C=O) groups is 5. The Hall–Kier alpha value is -6.23. The molecule has 2 aliphatic carbocycles. The highest BCUT2D eigenvalue weighted by Crippen LogP contribution is 2.64. The van der Waals surface area contributed by atoms with E-state index in [1.165, 1.54) is 37.4 Å². The average Bonchev–Trinajstić information content (AvgIpc) is 3.53. The molecule has 4 aromatic rings. The van der Waals surface area contributed by atoms with Gasteiger partial charge in [-0.25, -0.2) is 4.79 Å². The van der Waals surface area contributed by atoms with Crippen LogP contribution in [0.15, 0.2) is 109 Å². The molecule has 0 spiro atoms. The number of aryl methyl sites for hydroxylation is 1. The number of hydrogen-bond acceptors (Lipinski definition) is 8. The summed E-state index contributed by atoms with van der Waals surface area (Å²) in [6.07, 6.45) is 2.24. The van der Waals surface area contributed by atoms with E-state index in [2.05, 4.69) is 5.43 Å². The van der Waals surface area contributed by atoms with Crippen molar-refractivity contribution in [3.8, 4) is 11.5 Å². The fourth-order valence-electron chi connectivity index (χ4n) is 9.03. The molecule has 4 aromatic carbocycles. The maximum Gasteiger partial charge on any atom is 0.335 e. The predicted molar refractivity (Wildman–Crippen MR) is 189 cm³/mol. The van der Waals surface area contributed by atoms with E-state index in [1.54, 1.807) is 24.3 Å². The number of fused-ring (bicyclic) bond motifs is 4. The number of allylic oxidation sites excluding steroid dienone is 2. The van der Waals surface area contributed by atoms with E-state index in [0.717, 1.165) is 21.0 Å². The zero-order chi connectivity index (χ0) is 36.5. The second-order valence-electron chi connectivity index (χ2n) is 13.9. The number of nitrogens with one attached hydrogen (secondary N) is 1. The number of phenols is 1. The first kappa shape index (κ1) is 32.9. The van der Waals surface area contributed by atoms with Crippen molar-refractivity contribution in [1.29, 1.82) is 0 Å². The Labute approximate surface area is 299 Å². The number of anilines is 2. The van der Waals surface area contributed by atoms with Crippen LogP contribution in [-0.4, -0.2) is 51.9 Å². The smallest absolute Gasteiger partial charge is 0.335 e. The minimum Gasteiger partial charge on any atom is -0.504 e. The van der Waals surface area contributed by atoms with E-state index in [-0.39, 0.29) is 35.6 Å². The van der Waals surface area contributed by atoms with E-state index in [1.807, 2.05) is 55.5 Å². The summed E-state index contributed by atoms with van der Waals surface area (Å²) in [5.41, 5.74) is 5.22. The lowest BCUT2D eigenvalue weighted by Gasteiger charge is -2.50. The molecule has 8 rings (SSSR count). The van der Waals surface area contributed by atoms with Crippen LogP contribution in [0.2, 0.25) is 0 Å². The predicted octanol–water partition coefficient (Wildman–Crippen LogP) is 5.60. The molecule has 0 bridgehead atoms. The van der Waals surface area contributed by atoms with Crippen LogP contribution in [0.4, 0.5) is 11.4 Å². The molecule has 3 N–H and O–H groups in total. The zero-order valence-electron chi connectivity index (χ0n) is 28.4. The van der Waals surface area contributed by atoms with Crippen LogP contribution >= 0.6 is 0 Å². The normalized spacial score (nSPS) is 26.4. The summed E-state index contributed by atoms with van der Waals surface area (Å²) >= 11 is 0. The van der Waals surface area contributed by atoms with Gasteiger partial charge in [0.05, 0.1) is 47.2 Å². The molecule has 0 radical (unpaired) electrons. The minimum absolute atomic E-state index is 0.0605. The summed E-state index contributed by atoms with van der Waals surface area (Å²) in [5, 5.41) is 21.3. The van der Waals surface area contributed by atoms with Gasteiger partial charge in [0.2, 0.25) is 11.8 Å². The lowest BCUT2D eigenvalue weighted by atomic mass is 9.49. The number of aromatic hydroxyl groups is 1. The van der Waals surface area contributed by atoms with E-state index in [9.17, 15) is 29.4 Å².